The molecule has 5 nitrogen and oxygen atoms in total. The molecule has 0 aromatic heterocycles. The van der Waals surface area contributed by atoms with Gasteiger partial charge >= 0.3 is 0 Å². The third kappa shape index (κ3) is 3.93. The molecule has 22 heavy (non-hydrogen) atoms. The van der Waals surface area contributed by atoms with Crippen LogP contribution in [0.4, 0.5) is 0 Å². The van der Waals surface area contributed by atoms with Gasteiger partial charge in [0.05, 0.1) is 12.7 Å². The summed E-state index contributed by atoms with van der Waals surface area (Å²) in [7, 11) is 0. The Balaban J connectivity index is 1.55. The van der Waals surface area contributed by atoms with Gasteiger partial charge in [-0.3, -0.25) is 4.99 Å². The van der Waals surface area contributed by atoms with Crippen LogP contribution in [0.5, 0.6) is 0 Å². The molecule has 126 valence electrons. The zero-order valence-corrected chi connectivity index (χ0v) is 14.1. The molecule has 0 radical (unpaired) electrons. The SMILES string of the molecule is CCCC1CC1NC(=NCC)N1CCOC(C2CCCO2)C1. The average Bonchev–Trinajstić information content (AvgIpc) is 3.03. The molecule has 1 saturated carbocycles. The highest BCUT2D eigenvalue weighted by atomic mass is 16.5. The van der Waals surface area contributed by atoms with E-state index in [0.29, 0.717) is 6.04 Å². The van der Waals surface area contributed by atoms with Crippen molar-refractivity contribution >= 4 is 5.96 Å². The lowest BCUT2D eigenvalue weighted by atomic mass is 10.1. The maximum absolute atomic E-state index is 5.95. The number of hydrogen-bond donors (Lipinski definition) is 1. The van der Waals surface area contributed by atoms with Crippen molar-refractivity contribution in [3.05, 3.63) is 0 Å². The molecule has 0 aromatic carbocycles. The van der Waals surface area contributed by atoms with Crippen molar-refractivity contribution in [2.45, 2.75) is 64.2 Å². The zero-order valence-electron chi connectivity index (χ0n) is 14.1. The minimum Gasteiger partial charge on any atom is -0.375 e. The van der Waals surface area contributed by atoms with Gasteiger partial charge in [0.1, 0.15) is 6.10 Å². The van der Waals surface area contributed by atoms with Crippen LogP contribution in [-0.4, -0.2) is 62.0 Å². The second-order valence-electron chi connectivity index (χ2n) is 6.74. The second kappa shape index (κ2) is 7.64. The van der Waals surface area contributed by atoms with Gasteiger partial charge in [-0.2, -0.15) is 0 Å². The Labute approximate surface area is 134 Å². The van der Waals surface area contributed by atoms with Gasteiger partial charge in [-0.05, 0) is 38.5 Å². The van der Waals surface area contributed by atoms with E-state index in [1.807, 2.05) is 0 Å². The first kappa shape index (κ1) is 16.1. The summed E-state index contributed by atoms with van der Waals surface area (Å²) in [6, 6.07) is 0.634. The lowest BCUT2D eigenvalue weighted by Gasteiger charge is -2.37. The molecular formula is C17H31N3O2. The van der Waals surface area contributed by atoms with Crippen molar-refractivity contribution in [2.75, 3.05) is 32.8 Å². The van der Waals surface area contributed by atoms with E-state index in [4.69, 9.17) is 14.5 Å². The summed E-state index contributed by atoms with van der Waals surface area (Å²) in [4.78, 5) is 7.09. The fourth-order valence-electron chi connectivity index (χ4n) is 3.66. The Morgan fingerprint density at radius 3 is 2.82 bits per heavy atom. The molecule has 4 unspecified atom stereocenters. The topological polar surface area (TPSA) is 46.1 Å². The minimum atomic E-state index is 0.200. The smallest absolute Gasteiger partial charge is 0.194 e. The van der Waals surface area contributed by atoms with Crippen LogP contribution in [0.15, 0.2) is 4.99 Å². The minimum absolute atomic E-state index is 0.200. The van der Waals surface area contributed by atoms with Crippen LogP contribution in [0.2, 0.25) is 0 Å². The van der Waals surface area contributed by atoms with Crippen molar-refractivity contribution in [3.63, 3.8) is 0 Å². The molecule has 0 bridgehead atoms. The predicted octanol–water partition coefficient (Wildman–Crippen LogP) is 2.02. The van der Waals surface area contributed by atoms with Crippen LogP contribution in [0.25, 0.3) is 0 Å². The first-order valence-corrected chi connectivity index (χ1v) is 9.11. The van der Waals surface area contributed by atoms with Gasteiger partial charge in [0.25, 0.3) is 0 Å². The highest BCUT2D eigenvalue weighted by Crippen LogP contribution is 2.34. The lowest BCUT2D eigenvalue weighted by Crippen LogP contribution is -2.53. The van der Waals surface area contributed by atoms with E-state index >= 15 is 0 Å². The third-order valence-electron chi connectivity index (χ3n) is 4.98. The van der Waals surface area contributed by atoms with Crippen LogP contribution in [0.1, 0.15) is 46.0 Å². The molecule has 3 aliphatic rings. The summed E-state index contributed by atoms with van der Waals surface area (Å²) >= 11 is 0. The predicted molar refractivity (Wildman–Crippen MR) is 88.2 cm³/mol. The molecule has 3 fully saturated rings. The van der Waals surface area contributed by atoms with Crippen molar-refractivity contribution < 1.29 is 9.47 Å². The molecule has 1 aliphatic carbocycles. The van der Waals surface area contributed by atoms with Crippen LogP contribution < -0.4 is 5.32 Å². The molecule has 2 saturated heterocycles. The van der Waals surface area contributed by atoms with E-state index < -0.39 is 0 Å². The number of guanidine groups is 1. The number of hydrogen-bond acceptors (Lipinski definition) is 3. The molecule has 3 rings (SSSR count). The van der Waals surface area contributed by atoms with Gasteiger partial charge in [-0.25, -0.2) is 0 Å². The van der Waals surface area contributed by atoms with Crippen molar-refractivity contribution in [2.24, 2.45) is 10.9 Å². The van der Waals surface area contributed by atoms with E-state index in [2.05, 4.69) is 24.1 Å². The summed E-state index contributed by atoms with van der Waals surface area (Å²) in [6.45, 7) is 8.70. The summed E-state index contributed by atoms with van der Waals surface area (Å²) in [5.74, 6) is 1.93. The van der Waals surface area contributed by atoms with E-state index in [1.165, 1.54) is 25.7 Å². The van der Waals surface area contributed by atoms with Gasteiger partial charge < -0.3 is 19.7 Å². The van der Waals surface area contributed by atoms with Crippen molar-refractivity contribution in [1.82, 2.24) is 10.2 Å². The number of ether oxygens (including phenoxy) is 2. The second-order valence-corrected chi connectivity index (χ2v) is 6.74. The first-order chi connectivity index (χ1) is 10.8. The van der Waals surface area contributed by atoms with Gasteiger partial charge in [-0.15, -0.1) is 0 Å². The lowest BCUT2D eigenvalue weighted by molar-refractivity contribution is -0.0817. The number of nitrogens with one attached hydrogen (secondary N) is 1. The Morgan fingerprint density at radius 2 is 2.09 bits per heavy atom. The Kier molecular flexibility index (Phi) is 5.58. The maximum Gasteiger partial charge on any atom is 0.194 e. The van der Waals surface area contributed by atoms with Crippen LogP contribution in [0.3, 0.4) is 0 Å². The van der Waals surface area contributed by atoms with E-state index in [0.717, 1.165) is 51.1 Å². The van der Waals surface area contributed by atoms with Gasteiger partial charge in [-0.1, -0.05) is 13.3 Å². The highest BCUT2D eigenvalue weighted by Gasteiger charge is 2.38. The molecule has 0 amide bonds. The average molecular weight is 309 g/mol. The number of nitrogens with zero attached hydrogens (tertiary/aromatic N) is 2. The standard InChI is InChI=1S/C17H31N3O2/c1-3-6-13-11-14(13)19-17(18-4-2)20-8-10-22-16(12-20)15-7-5-9-21-15/h13-16H,3-12H2,1-2H3,(H,18,19). The van der Waals surface area contributed by atoms with Crippen molar-refractivity contribution in [1.29, 1.82) is 0 Å². The maximum atomic E-state index is 5.95. The van der Waals surface area contributed by atoms with E-state index in [-0.39, 0.29) is 12.2 Å². The molecule has 0 aromatic rings. The van der Waals surface area contributed by atoms with Crippen LogP contribution in [-0.2, 0) is 9.47 Å². The fraction of sp³-hybridized carbons (Fsp3) is 0.941. The van der Waals surface area contributed by atoms with Crippen LogP contribution >= 0.6 is 0 Å². The molecule has 1 N–H and O–H groups in total. The van der Waals surface area contributed by atoms with Gasteiger partial charge in [0.2, 0.25) is 0 Å². The monoisotopic (exact) mass is 309 g/mol. The third-order valence-corrected chi connectivity index (χ3v) is 4.98. The summed E-state index contributed by atoms with van der Waals surface area (Å²) in [6.07, 6.45) is 6.69. The number of rotatable bonds is 5. The van der Waals surface area contributed by atoms with Crippen molar-refractivity contribution in [3.8, 4) is 0 Å². The Hall–Kier alpha value is -0.810. The first-order valence-electron chi connectivity index (χ1n) is 9.11. The van der Waals surface area contributed by atoms with Gasteiger partial charge in [0.15, 0.2) is 5.96 Å². The molecule has 4 atom stereocenters. The number of aliphatic imine (C=N–C) groups is 1. The molecular weight excluding hydrogens is 278 g/mol. The van der Waals surface area contributed by atoms with E-state index in [9.17, 15) is 0 Å². The summed E-state index contributed by atoms with van der Waals surface area (Å²) < 4.78 is 11.8. The van der Waals surface area contributed by atoms with Crippen LogP contribution in [0, 0.1) is 5.92 Å². The summed E-state index contributed by atoms with van der Waals surface area (Å²) in [5, 5.41) is 3.69. The Bertz CT molecular complexity index is 382. The molecule has 2 heterocycles. The quantitative estimate of drug-likeness (QED) is 0.623. The Morgan fingerprint density at radius 1 is 1.23 bits per heavy atom. The largest absolute Gasteiger partial charge is 0.375 e. The highest BCUT2D eigenvalue weighted by molar-refractivity contribution is 5.80. The normalized spacial score (nSPS) is 35.7. The van der Waals surface area contributed by atoms with Gasteiger partial charge in [0, 0.05) is 32.3 Å². The summed E-state index contributed by atoms with van der Waals surface area (Å²) in [5.41, 5.74) is 0. The fourth-order valence-corrected chi connectivity index (χ4v) is 3.66. The number of morpholine rings is 1. The molecule has 5 heteroatoms. The molecule has 2 aliphatic heterocycles. The zero-order chi connectivity index (χ0) is 15.4. The van der Waals surface area contributed by atoms with E-state index in [1.54, 1.807) is 0 Å². The molecule has 0 spiro atoms.